The van der Waals surface area contributed by atoms with Crippen LogP contribution in [0.4, 0.5) is 0 Å². The molecule has 2 heterocycles. The molecule has 1 aromatic carbocycles. The fourth-order valence-electron chi connectivity index (χ4n) is 4.28. The molecule has 1 aliphatic rings. The standard InChI is InChI=1S/C20H22ClN3O5S.ClH/c21-14-8-15-13(7-16(14)30(28,29)12-5-4-11(22)6-12)18-10(2-1-3-17(25)26)9-23-19(18)20(27)24-15;/h7-9,11-12,23H,1-6,22H2,(H,24,27)(H,25,26);1H/t11?,12-;/m0./s1. The molecule has 1 unspecified atom stereocenters. The lowest BCUT2D eigenvalue weighted by Crippen LogP contribution is -2.22. The summed E-state index contributed by atoms with van der Waals surface area (Å²) in [7, 11) is -3.69. The van der Waals surface area contributed by atoms with Crippen LogP contribution in [-0.4, -0.2) is 40.8 Å². The lowest BCUT2D eigenvalue weighted by atomic mass is 10.0. The van der Waals surface area contributed by atoms with E-state index in [0.717, 1.165) is 5.56 Å². The van der Waals surface area contributed by atoms with Gasteiger partial charge in [0.05, 0.1) is 20.7 Å². The number of nitrogens with one attached hydrogen (secondary N) is 2. The van der Waals surface area contributed by atoms with Crippen molar-refractivity contribution in [3.05, 3.63) is 39.3 Å². The van der Waals surface area contributed by atoms with Gasteiger partial charge in [0.15, 0.2) is 9.84 Å². The Morgan fingerprint density at radius 1 is 1.29 bits per heavy atom. The molecule has 0 radical (unpaired) electrons. The summed E-state index contributed by atoms with van der Waals surface area (Å²) in [6, 6.07) is 2.84. The molecule has 2 aromatic heterocycles. The second-order valence-electron chi connectivity index (χ2n) is 7.83. The van der Waals surface area contributed by atoms with E-state index >= 15 is 0 Å². The van der Waals surface area contributed by atoms with Crippen LogP contribution in [0.1, 0.15) is 37.7 Å². The van der Waals surface area contributed by atoms with E-state index in [9.17, 15) is 18.0 Å². The van der Waals surface area contributed by atoms with E-state index < -0.39 is 21.1 Å². The van der Waals surface area contributed by atoms with Gasteiger partial charge in [0.1, 0.15) is 5.52 Å². The number of fused-ring (bicyclic) bond motifs is 3. The van der Waals surface area contributed by atoms with Gasteiger partial charge in [0.2, 0.25) is 0 Å². The molecule has 5 N–H and O–H groups in total. The first-order chi connectivity index (χ1) is 14.2. The van der Waals surface area contributed by atoms with E-state index in [-0.39, 0.29) is 40.3 Å². The van der Waals surface area contributed by atoms with Gasteiger partial charge in [-0.05, 0) is 49.8 Å². The summed E-state index contributed by atoms with van der Waals surface area (Å²) in [5.41, 5.74) is 7.07. The van der Waals surface area contributed by atoms with Crippen LogP contribution in [0, 0.1) is 0 Å². The van der Waals surface area contributed by atoms with E-state index in [2.05, 4.69) is 9.97 Å². The van der Waals surface area contributed by atoms with E-state index in [1.165, 1.54) is 12.1 Å². The highest BCUT2D eigenvalue weighted by Crippen LogP contribution is 2.36. The second-order valence-corrected chi connectivity index (χ2v) is 10.4. The Labute approximate surface area is 189 Å². The summed E-state index contributed by atoms with van der Waals surface area (Å²) >= 11 is 6.33. The Hall–Kier alpha value is -2.07. The predicted molar refractivity (Wildman–Crippen MR) is 122 cm³/mol. The summed E-state index contributed by atoms with van der Waals surface area (Å²) < 4.78 is 26.5. The third-order valence-corrected chi connectivity index (χ3v) is 8.47. The first-order valence-electron chi connectivity index (χ1n) is 9.75. The van der Waals surface area contributed by atoms with Gasteiger partial charge in [-0.2, -0.15) is 0 Å². The van der Waals surface area contributed by atoms with Crippen LogP contribution in [0.25, 0.3) is 21.8 Å². The molecule has 3 aromatic rings. The largest absolute Gasteiger partial charge is 0.481 e. The number of H-pyrrole nitrogens is 2. The van der Waals surface area contributed by atoms with Gasteiger partial charge < -0.3 is 20.8 Å². The number of carboxylic acid groups (broad SMARTS) is 1. The van der Waals surface area contributed by atoms with Crippen molar-refractivity contribution in [3.63, 3.8) is 0 Å². The maximum Gasteiger partial charge on any atom is 0.303 e. The summed E-state index contributed by atoms with van der Waals surface area (Å²) in [4.78, 5) is 29.0. The van der Waals surface area contributed by atoms with Crippen molar-refractivity contribution in [2.75, 3.05) is 0 Å². The van der Waals surface area contributed by atoms with Crippen LogP contribution in [0.5, 0.6) is 0 Å². The number of aromatic amines is 2. The van der Waals surface area contributed by atoms with Gasteiger partial charge >= 0.3 is 5.97 Å². The van der Waals surface area contributed by atoms with Gasteiger partial charge in [-0.15, -0.1) is 12.4 Å². The zero-order valence-electron chi connectivity index (χ0n) is 16.5. The lowest BCUT2D eigenvalue weighted by Gasteiger charge is -2.14. The fourth-order valence-corrected chi connectivity index (χ4v) is 6.68. The predicted octanol–water partition coefficient (Wildman–Crippen LogP) is 3.15. The number of aromatic nitrogens is 2. The molecule has 168 valence electrons. The summed E-state index contributed by atoms with van der Waals surface area (Å²) in [6.07, 6.45) is 4.04. The number of hydrogen-bond acceptors (Lipinski definition) is 5. The molecule has 0 aliphatic heterocycles. The average molecular weight is 488 g/mol. The number of nitrogens with two attached hydrogens (primary N) is 1. The van der Waals surface area contributed by atoms with E-state index in [1.54, 1.807) is 6.20 Å². The van der Waals surface area contributed by atoms with E-state index in [0.29, 0.717) is 53.9 Å². The molecule has 2 atom stereocenters. The van der Waals surface area contributed by atoms with Crippen molar-refractivity contribution in [3.8, 4) is 0 Å². The highest BCUT2D eigenvalue weighted by Gasteiger charge is 2.35. The van der Waals surface area contributed by atoms with Crippen LogP contribution in [0.15, 0.2) is 28.0 Å². The molecule has 0 bridgehead atoms. The zero-order valence-corrected chi connectivity index (χ0v) is 18.9. The maximum atomic E-state index is 13.2. The monoisotopic (exact) mass is 487 g/mol. The minimum atomic E-state index is -3.69. The average Bonchev–Trinajstić information content (AvgIpc) is 3.28. The first-order valence-corrected chi connectivity index (χ1v) is 11.7. The molecular weight excluding hydrogens is 465 g/mol. The van der Waals surface area contributed by atoms with Crippen LogP contribution < -0.4 is 11.3 Å². The van der Waals surface area contributed by atoms with Crippen LogP contribution in [0.2, 0.25) is 5.02 Å². The number of aliphatic carboxylic acids is 1. The Kier molecular flexibility index (Phi) is 6.71. The molecule has 0 spiro atoms. The van der Waals surface area contributed by atoms with Crippen LogP contribution in [0.3, 0.4) is 0 Å². The normalized spacial score (nSPS) is 19.0. The maximum absolute atomic E-state index is 13.2. The molecule has 4 rings (SSSR count). The minimum absolute atomic E-state index is 0. The number of hydrogen-bond donors (Lipinski definition) is 4. The third-order valence-electron chi connectivity index (χ3n) is 5.79. The molecule has 1 fully saturated rings. The number of carbonyl (C=O) groups is 1. The van der Waals surface area contributed by atoms with Gasteiger partial charge in [-0.1, -0.05) is 11.6 Å². The second kappa shape index (κ2) is 8.82. The van der Waals surface area contributed by atoms with Gasteiger partial charge in [-0.3, -0.25) is 9.59 Å². The smallest absolute Gasteiger partial charge is 0.303 e. The molecule has 1 aliphatic carbocycles. The summed E-state index contributed by atoms with van der Waals surface area (Å²) in [6.45, 7) is 0. The Morgan fingerprint density at radius 2 is 2.03 bits per heavy atom. The number of halogens is 2. The molecular formula is C20H23Cl2N3O5S. The lowest BCUT2D eigenvalue weighted by molar-refractivity contribution is -0.137. The number of rotatable bonds is 6. The summed E-state index contributed by atoms with van der Waals surface area (Å²) in [5, 5.41) is 9.52. The van der Waals surface area contributed by atoms with Crippen molar-refractivity contribution in [1.29, 1.82) is 0 Å². The molecule has 0 saturated heterocycles. The zero-order chi connectivity index (χ0) is 21.6. The molecule has 31 heavy (non-hydrogen) atoms. The molecule has 11 heteroatoms. The number of sulfone groups is 1. The van der Waals surface area contributed by atoms with Gasteiger partial charge in [0, 0.05) is 29.4 Å². The van der Waals surface area contributed by atoms with Crippen molar-refractivity contribution in [2.24, 2.45) is 5.73 Å². The first kappa shape index (κ1) is 23.6. The molecule has 0 amide bonds. The highest BCUT2D eigenvalue weighted by molar-refractivity contribution is 7.92. The topological polar surface area (TPSA) is 146 Å². The van der Waals surface area contributed by atoms with Crippen LogP contribution >= 0.6 is 24.0 Å². The van der Waals surface area contributed by atoms with Gasteiger partial charge in [0.25, 0.3) is 5.56 Å². The Bertz CT molecular complexity index is 1320. The Balaban J connectivity index is 0.00000272. The SMILES string of the molecule is Cl.NC1CC[C@H](S(=O)(=O)c2cc3c(cc2Cl)[nH]c(=O)c2[nH]cc(CCCC(=O)O)c23)C1. The van der Waals surface area contributed by atoms with Crippen molar-refractivity contribution in [2.45, 2.75) is 54.7 Å². The van der Waals surface area contributed by atoms with Crippen LogP contribution in [-0.2, 0) is 21.1 Å². The Morgan fingerprint density at radius 3 is 2.68 bits per heavy atom. The highest BCUT2D eigenvalue weighted by atomic mass is 35.5. The third kappa shape index (κ3) is 4.32. The molecule has 8 nitrogen and oxygen atoms in total. The van der Waals surface area contributed by atoms with Crippen molar-refractivity contribution >= 4 is 61.6 Å². The number of aryl methyl sites for hydroxylation is 1. The summed E-state index contributed by atoms with van der Waals surface area (Å²) in [5.74, 6) is -0.896. The number of pyridine rings is 1. The van der Waals surface area contributed by atoms with Crippen molar-refractivity contribution < 1.29 is 18.3 Å². The number of carboxylic acids is 1. The fraction of sp³-hybridized carbons (Fsp3) is 0.400. The minimum Gasteiger partial charge on any atom is -0.481 e. The van der Waals surface area contributed by atoms with E-state index in [4.69, 9.17) is 22.4 Å². The molecule has 1 saturated carbocycles. The van der Waals surface area contributed by atoms with Gasteiger partial charge in [-0.25, -0.2) is 8.42 Å². The quantitative estimate of drug-likeness (QED) is 0.419. The number of benzene rings is 1. The van der Waals surface area contributed by atoms with Crippen molar-refractivity contribution in [1.82, 2.24) is 9.97 Å². The van der Waals surface area contributed by atoms with E-state index in [1.807, 2.05) is 0 Å².